The van der Waals surface area contributed by atoms with Crippen LogP contribution in [-0.4, -0.2) is 17.0 Å². The van der Waals surface area contributed by atoms with E-state index >= 15 is 0 Å². The van der Waals surface area contributed by atoms with E-state index in [2.05, 4.69) is 4.52 Å². The van der Waals surface area contributed by atoms with Crippen molar-refractivity contribution in [3.63, 3.8) is 0 Å². The Labute approximate surface area is 53.4 Å². The summed E-state index contributed by atoms with van der Waals surface area (Å²) in [6.45, 7) is 2.65. The predicted octanol–water partition coefficient (Wildman–Crippen LogP) is 0.755. The summed E-state index contributed by atoms with van der Waals surface area (Å²) < 4.78 is 14.7. The van der Waals surface area contributed by atoms with E-state index < -0.39 is 13.1 Å². The Morgan fingerprint density at radius 1 is 1.78 bits per heavy atom. The van der Waals surface area contributed by atoms with Crippen LogP contribution in [0.4, 0.5) is 0 Å². The van der Waals surface area contributed by atoms with Crippen LogP contribution in [-0.2, 0) is 13.9 Å². The highest BCUT2D eigenvalue weighted by atomic mass is 31.2. The van der Waals surface area contributed by atoms with Crippen molar-refractivity contribution in [1.29, 1.82) is 0 Å². The molecule has 0 aliphatic carbocycles. The highest BCUT2D eigenvalue weighted by Crippen LogP contribution is 2.41. The smallest absolute Gasteiger partial charge is 0.319 e. The molecule has 5 heteroatoms. The predicted molar refractivity (Wildman–Crippen MR) is 32.1 cm³/mol. The van der Waals surface area contributed by atoms with Gasteiger partial charge in [-0.2, -0.15) is 0 Å². The normalized spacial score (nSPS) is 16.8. The molecule has 1 unspecified atom stereocenters. The molecule has 9 heavy (non-hydrogen) atoms. The molecule has 1 atom stereocenters. The first-order valence-corrected chi connectivity index (χ1v) is 4.07. The minimum absolute atomic E-state index is 0.0767. The Kier molecular flexibility index (Phi) is 3.04. The van der Waals surface area contributed by atoms with Crippen LogP contribution >= 0.6 is 7.60 Å². The fraction of sp³-hybridized carbons (Fsp3) is 0.750. The number of carbonyl (C=O) groups excluding carboxylic acids is 1. The molecular formula is C4H9O4P. The van der Waals surface area contributed by atoms with Gasteiger partial charge in [0.1, 0.15) is 0 Å². The Balaban J connectivity index is 4.04. The maximum Gasteiger partial charge on any atom is 0.393 e. The zero-order valence-corrected chi connectivity index (χ0v) is 6.22. The van der Waals surface area contributed by atoms with Crippen LogP contribution in [0.25, 0.3) is 0 Å². The van der Waals surface area contributed by atoms with Gasteiger partial charge in [-0.25, -0.2) is 0 Å². The van der Waals surface area contributed by atoms with E-state index in [4.69, 9.17) is 4.89 Å². The van der Waals surface area contributed by atoms with Crippen LogP contribution in [0.2, 0.25) is 0 Å². The lowest BCUT2D eigenvalue weighted by Crippen LogP contribution is -1.96. The molecular weight excluding hydrogens is 143 g/mol. The minimum atomic E-state index is -3.90. The highest BCUT2D eigenvalue weighted by Gasteiger charge is 2.24. The van der Waals surface area contributed by atoms with Crippen molar-refractivity contribution >= 4 is 13.1 Å². The molecule has 0 aromatic carbocycles. The van der Waals surface area contributed by atoms with Crippen molar-refractivity contribution in [2.75, 3.05) is 6.61 Å². The molecule has 0 radical (unpaired) electrons. The zero-order chi connectivity index (χ0) is 7.49. The van der Waals surface area contributed by atoms with Crippen LogP contribution in [0.1, 0.15) is 13.8 Å². The lowest BCUT2D eigenvalue weighted by Gasteiger charge is -2.04. The molecule has 0 aliphatic rings. The summed E-state index contributed by atoms with van der Waals surface area (Å²) in [5.74, 6) is 0. The number of carbonyl (C=O) groups is 1. The summed E-state index contributed by atoms with van der Waals surface area (Å²) in [6.07, 6.45) is 0. The number of rotatable bonds is 3. The van der Waals surface area contributed by atoms with Crippen LogP contribution in [0, 0.1) is 0 Å². The van der Waals surface area contributed by atoms with Crippen molar-refractivity contribution in [1.82, 2.24) is 0 Å². The largest absolute Gasteiger partial charge is 0.393 e. The molecule has 0 saturated heterocycles. The van der Waals surface area contributed by atoms with Gasteiger partial charge in [-0.15, -0.1) is 0 Å². The first-order chi connectivity index (χ1) is 4.00. The van der Waals surface area contributed by atoms with Crippen LogP contribution in [0.15, 0.2) is 0 Å². The van der Waals surface area contributed by atoms with E-state index in [-0.39, 0.29) is 6.61 Å². The van der Waals surface area contributed by atoms with E-state index in [1.54, 1.807) is 6.92 Å². The molecule has 0 spiro atoms. The molecule has 0 rings (SSSR count). The molecule has 0 aromatic heterocycles. The van der Waals surface area contributed by atoms with Crippen LogP contribution in [0.3, 0.4) is 0 Å². The lowest BCUT2D eigenvalue weighted by molar-refractivity contribution is -0.111. The Morgan fingerprint density at radius 3 is 2.33 bits per heavy atom. The highest BCUT2D eigenvalue weighted by molar-refractivity contribution is 7.70. The first kappa shape index (κ1) is 8.82. The summed E-state index contributed by atoms with van der Waals surface area (Å²) in [5.41, 5.74) is -0.815. The lowest BCUT2D eigenvalue weighted by atomic mass is 10.9. The summed E-state index contributed by atoms with van der Waals surface area (Å²) >= 11 is 0. The van der Waals surface area contributed by atoms with Gasteiger partial charge in [0.15, 0.2) is 0 Å². The van der Waals surface area contributed by atoms with Crippen molar-refractivity contribution in [3.05, 3.63) is 0 Å². The fourth-order valence-corrected chi connectivity index (χ4v) is 0.798. The molecule has 1 N–H and O–H groups in total. The van der Waals surface area contributed by atoms with E-state index in [1.165, 1.54) is 0 Å². The molecule has 54 valence electrons. The zero-order valence-electron chi connectivity index (χ0n) is 5.33. The van der Waals surface area contributed by atoms with Crippen molar-refractivity contribution in [2.45, 2.75) is 13.8 Å². The monoisotopic (exact) mass is 152 g/mol. The second-order valence-corrected chi connectivity index (χ2v) is 3.39. The molecule has 0 saturated carbocycles. The molecule has 0 amide bonds. The van der Waals surface area contributed by atoms with Gasteiger partial charge in [-0.1, -0.05) is 0 Å². The van der Waals surface area contributed by atoms with Crippen LogP contribution in [0.5, 0.6) is 0 Å². The molecule has 0 heterocycles. The third-order valence-corrected chi connectivity index (χ3v) is 2.11. The third-order valence-electron chi connectivity index (χ3n) is 0.702. The van der Waals surface area contributed by atoms with Gasteiger partial charge in [0.05, 0.1) is 6.61 Å². The van der Waals surface area contributed by atoms with Gasteiger partial charge >= 0.3 is 7.60 Å². The van der Waals surface area contributed by atoms with Gasteiger partial charge in [0.2, 0.25) is 5.52 Å². The van der Waals surface area contributed by atoms with Gasteiger partial charge in [-0.3, -0.25) is 9.36 Å². The second-order valence-electron chi connectivity index (χ2n) is 1.46. The first-order valence-electron chi connectivity index (χ1n) is 2.49. The molecule has 0 fully saturated rings. The summed E-state index contributed by atoms with van der Waals surface area (Å²) in [4.78, 5) is 18.8. The maximum atomic E-state index is 10.5. The number of hydrogen-bond acceptors (Lipinski definition) is 3. The fourth-order valence-electron chi connectivity index (χ4n) is 0.266. The summed E-state index contributed by atoms with van der Waals surface area (Å²) in [5, 5.41) is 0. The Morgan fingerprint density at radius 2 is 2.22 bits per heavy atom. The number of hydrogen-bond donors (Lipinski definition) is 1. The summed E-state index contributed by atoms with van der Waals surface area (Å²) in [7, 11) is -3.90. The van der Waals surface area contributed by atoms with Gasteiger partial charge in [0.25, 0.3) is 0 Å². The summed E-state index contributed by atoms with van der Waals surface area (Å²) in [6, 6.07) is 0. The van der Waals surface area contributed by atoms with Crippen molar-refractivity contribution < 1.29 is 18.8 Å². The Hall–Kier alpha value is -0.180. The minimum Gasteiger partial charge on any atom is -0.319 e. The van der Waals surface area contributed by atoms with E-state index in [0.29, 0.717) is 0 Å². The van der Waals surface area contributed by atoms with E-state index in [9.17, 15) is 9.36 Å². The van der Waals surface area contributed by atoms with E-state index in [0.717, 1.165) is 6.92 Å². The average molecular weight is 152 g/mol. The van der Waals surface area contributed by atoms with Gasteiger partial charge in [0, 0.05) is 6.92 Å². The van der Waals surface area contributed by atoms with Crippen molar-refractivity contribution in [3.8, 4) is 0 Å². The maximum absolute atomic E-state index is 10.5. The third kappa shape index (κ3) is 2.75. The van der Waals surface area contributed by atoms with Crippen molar-refractivity contribution in [2.24, 2.45) is 0 Å². The topological polar surface area (TPSA) is 63.6 Å². The second kappa shape index (κ2) is 3.11. The standard InChI is InChI=1S/C4H9O4P/c1-3-8-9(6,7)4(2)5/h3H2,1-2H3,(H,6,7). The SMILES string of the molecule is CCOP(=O)(O)C(C)=O. The molecule has 0 bridgehead atoms. The quantitative estimate of drug-likeness (QED) is 0.606. The van der Waals surface area contributed by atoms with Gasteiger partial charge < -0.3 is 9.42 Å². The molecule has 0 aliphatic heterocycles. The van der Waals surface area contributed by atoms with Gasteiger partial charge in [-0.05, 0) is 6.92 Å². The van der Waals surface area contributed by atoms with E-state index in [1.807, 2.05) is 0 Å². The Bertz CT molecular complexity index is 153. The molecule has 0 aromatic rings. The van der Waals surface area contributed by atoms with Crippen LogP contribution < -0.4 is 0 Å². The molecule has 4 nitrogen and oxygen atoms in total. The average Bonchev–Trinajstić information content (AvgIpc) is 1.65.